The summed E-state index contributed by atoms with van der Waals surface area (Å²) in [5, 5.41) is 12.0. The van der Waals surface area contributed by atoms with Crippen LogP contribution in [0.25, 0.3) is 22.2 Å². The average molecular weight is 320 g/mol. The summed E-state index contributed by atoms with van der Waals surface area (Å²) in [5.74, 6) is 0. The minimum atomic E-state index is -0.463. The van der Waals surface area contributed by atoms with Gasteiger partial charge in [-0.05, 0) is 30.7 Å². The molecule has 4 heteroatoms. The van der Waals surface area contributed by atoms with E-state index in [4.69, 9.17) is 23.2 Å². The predicted octanol–water partition coefficient (Wildman–Crippen LogP) is 5.00. The molecule has 0 bridgehead atoms. The van der Waals surface area contributed by atoms with Gasteiger partial charge in [0, 0.05) is 22.6 Å². The summed E-state index contributed by atoms with van der Waals surface area (Å²) >= 11 is 12.5. The second kappa shape index (κ2) is 5.72. The van der Waals surface area contributed by atoms with Crippen LogP contribution in [0.3, 0.4) is 0 Å². The smallest absolute Gasteiger partial charge is 0.0691 e. The maximum atomic E-state index is 9.81. The van der Waals surface area contributed by atoms with E-state index in [1.807, 2.05) is 41.0 Å². The van der Waals surface area contributed by atoms with Crippen molar-refractivity contribution in [1.29, 1.82) is 0 Å². The number of aliphatic hydroxyl groups is 1. The van der Waals surface area contributed by atoms with Crippen molar-refractivity contribution in [3.05, 3.63) is 58.6 Å². The molecule has 2 nitrogen and oxygen atoms in total. The summed E-state index contributed by atoms with van der Waals surface area (Å²) in [4.78, 5) is 0. The van der Waals surface area contributed by atoms with E-state index in [9.17, 15) is 5.11 Å². The lowest BCUT2D eigenvalue weighted by Crippen LogP contribution is -2.12. The van der Waals surface area contributed by atoms with Crippen LogP contribution in [0.1, 0.15) is 6.92 Å². The first-order chi connectivity index (χ1) is 10.1. The van der Waals surface area contributed by atoms with Gasteiger partial charge in [0.1, 0.15) is 0 Å². The molecule has 0 aliphatic rings. The molecular formula is C17H15Cl2NO. The standard InChI is InChI=1S/C17H15Cl2NO/c1-11(21)10-20-16(12-5-3-2-4-6-12)8-13-7-14(18)9-15(19)17(13)20/h2-9,11,21H,10H2,1H3. The van der Waals surface area contributed by atoms with E-state index >= 15 is 0 Å². The molecule has 0 aliphatic carbocycles. The zero-order valence-corrected chi connectivity index (χ0v) is 13.1. The van der Waals surface area contributed by atoms with E-state index in [0.29, 0.717) is 16.6 Å². The number of aromatic nitrogens is 1. The van der Waals surface area contributed by atoms with Crippen molar-refractivity contribution in [1.82, 2.24) is 4.57 Å². The van der Waals surface area contributed by atoms with Gasteiger partial charge in [0.2, 0.25) is 0 Å². The van der Waals surface area contributed by atoms with Gasteiger partial charge in [-0.1, -0.05) is 53.5 Å². The van der Waals surface area contributed by atoms with E-state index in [0.717, 1.165) is 22.2 Å². The summed E-state index contributed by atoms with van der Waals surface area (Å²) in [7, 11) is 0. The molecule has 0 aliphatic heterocycles. The quantitative estimate of drug-likeness (QED) is 0.722. The molecule has 1 atom stereocenters. The van der Waals surface area contributed by atoms with Crippen molar-refractivity contribution < 1.29 is 5.11 Å². The third-order valence-corrected chi connectivity index (χ3v) is 3.93. The third-order valence-electron chi connectivity index (χ3n) is 3.43. The molecule has 1 heterocycles. The Hall–Kier alpha value is -1.48. The van der Waals surface area contributed by atoms with Crippen molar-refractivity contribution in [2.75, 3.05) is 0 Å². The van der Waals surface area contributed by atoms with Crippen molar-refractivity contribution in [2.24, 2.45) is 0 Å². The predicted molar refractivity (Wildman–Crippen MR) is 89.1 cm³/mol. The summed E-state index contributed by atoms with van der Waals surface area (Å²) in [6.07, 6.45) is -0.463. The topological polar surface area (TPSA) is 25.2 Å². The lowest BCUT2D eigenvalue weighted by atomic mass is 10.1. The monoisotopic (exact) mass is 319 g/mol. The lowest BCUT2D eigenvalue weighted by Gasteiger charge is -2.13. The molecule has 0 radical (unpaired) electrons. The second-order valence-corrected chi connectivity index (χ2v) is 6.02. The number of aliphatic hydroxyl groups excluding tert-OH is 1. The Morgan fingerprint density at radius 2 is 1.81 bits per heavy atom. The molecule has 3 rings (SSSR count). The lowest BCUT2D eigenvalue weighted by molar-refractivity contribution is 0.176. The zero-order chi connectivity index (χ0) is 15.0. The molecule has 0 amide bonds. The number of halogens is 2. The Morgan fingerprint density at radius 3 is 2.48 bits per heavy atom. The first-order valence-electron chi connectivity index (χ1n) is 6.78. The molecule has 1 N–H and O–H groups in total. The minimum absolute atomic E-state index is 0.463. The van der Waals surface area contributed by atoms with Gasteiger partial charge in [0.25, 0.3) is 0 Å². The van der Waals surface area contributed by atoms with Crippen LogP contribution in [0.5, 0.6) is 0 Å². The third kappa shape index (κ3) is 2.80. The highest BCUT2D eigenvalue weighted by Crippen LogP contribution is 2.34. The van der Waals surface area contributed by atoms with Crippen molar-refractivity contribution in [2.45, 2.75) is 19.6 Å². The Balaban J connectivity index is 2.30. The van der Waals surface area contributed by atoms with Gasteiger partial charge in [-0.3, -0.25) is 0 Å². The number of nitrogens with zero attached hydrogens (tertiary/aromatic N) is 1. The van der Waals surface area contributed by atoms with Crippen LogP contribution in [-0.2, 0) is 6.54 Å². The molecule has 1 unspecified atom stereocenters. The first kappa shape index (κ1) is 14.5. The number of benzene rings is 2. The van der Waals surface area contributed by atoms with Gasteiger partial charge in [-0.25, -0.2) is 0 Å². The van der Waals surface area contributed by atoms with Gasteiger partial charge in [0.05, 0.1) is 16.6 Å². The molecular weight excluding hydrogens is 305 g/mol. The van der Waals surface area contributed by atoms with Crippen LogP contribution < -0.4 is 0 Å². The van der Waals surface area contributed by atoms with Crippen LogP contribution in [0, 0.1) is 0 Å². The van der Waals surface area contributed by atoms with Crippen LogP contribution in [0.4, 0.5) is 0 Å². The Kier molecular flexibility index (Phi) is 3.94. The Bertz CT molecular complexity index is 778. The average Bonchev–Trinajstić information content (AvgIpc) is 2.77. The maximum absolute atomic E-state index is 9.81. The van der Waals surface area contributed by atoms with E-state index in [1.54, 1.807) is 13.0 Å². The van der Waals surface area contributed by atoms with E-state index in [2.05, 4.69) is 6.07 Å². The van der Waals surface area contributed by atoms with Gasteiger partial charge in [0.15, 0.2) is 0 Å². The van der Waals surface area contributed by atoms with Crippen LogP contribution >= 0.6 is 23.2 Å². The van der Waals surface area contributed by atoms with E-state index in [-0.39, 0.29) is 0 Å². The number of rotatable bonds is 3. The molecule has 108 valence electrons. The molecule has 2 aromatic carbocycles. The summed E-state index contributed by atoms with van der Waals surface area (Å²) in [6, 6.07) is 15.7. The Morgan fingerprint density at radius 1 is 1.10 bits per heavy atom. The summed E-state index contributed by atoms with van der Waals surface area (Å²) in [6.45, 7) is 2.25. The minimum Gasteiger partial charge on any atom is -0.392 e. The largest absolute Gasteiger partial charge is 0.392 e. The van der Waals surface area contributed by atoms with E-state index < -0.39 is 6.10 Å². The molecule has 1 aromatic heterocycles. The van der Waals surface area contributed by atoms with Crippen LogP contribution in [-0.4, -0.2) is 15.8 Å². The van der Waals surface area contributed by atoms with Crippen molar-refractivity contribution in [3.63, 3.8) is 0 Å². The van der Waals surface area contributed by atoms with Crippen LogP contribution in [0.2, 0.25) is 10.0 Å². The van der Waals surface area contributed by atoms with Gasteiger partial charge in [-0.15, -0.1) is 0 Å². The number of fused-ring (bicyclic) bond motifs is 1. The highest BCUT2D eigenvalue weighted by Gasteiger charge is 2.15. The Labute approximate surface area is 133 Å². The van der Waals surface area contributed by atoms with Gasteiger partial charge < -0.3 is 9.67 Å². The maximum Gasteiger partial charge on any atom is 0.0691 e. The molecule has 0 saturated carbocycles. The molecule has 0 fully saturated rings. The highest BCUT2D eigenvalue weighted by atomic mass is 35.5. The fourth-order valence-corrected chi connectivity index (χ4v) is 3.24. The summed E-state index contributed by atoms with van der Waals surface area (Å²) in [5.41, 5.74) is 3.01. The van der Waals surface area contributed by atoms with Gasteiger partial charge in [-0.2, -0.15) is 0 Å². The van der Waals surface area contributed by atoms with E-state index in [1.165, 1.54) is 0 Å². The van der Waals surface area contributed by atoms with Gasteiger partial charge >= 0.3 is 0 Å². The van der Waals surface area contributed by atoms with Crippen molar-refractivity contribution in [3.8, 4) is 11.3 Å². The molecule has 0 saturated heterocycles. The normalized spacial score (nSPS) is 12.8. The molecule has 0 spiro atoms. The number of hydrogen-bond acceptors (Lipinski definition) is 1. The fraction of sp³-hybridized carbons (Fsp3) is 0.176. The van der Waals surface area contributed by atoms with Crippen LogP contribution in [0.15, 0.2) is 48.5 Å². The second-order valence-electron chi connectivity index (χ2n) is 5.18. The SMILES string of the molecule is CC(O)Cn1c(-c2ccccc2)cc2cc(Cl)cc(Cl)c21. The molecule has 3 aromatic rings. The zero-order valence-electron chi connectivity index (χ0n) is 11.6. The highest BCUT2D eigenvalue weighted by molar-refractivity contribution is 6.38. The fourth-order valence-electron chi connectivity index (χ4n) is 2.63. The first-order valence-corrected chi connectivity index (χ1v) is 7.53. The van der Waals surface area contributed by atoms with Crippen molar-refractivity contribution >= 4 is 34.1 Å². The molecule has 21 heavy (non-hydrogen) atoms. The number of hydrogen-bond donors (Lipinski definition) is 1. The summed E-state index contributed by atoms with van der Waals surface area (Å²) < 4.78 is 2.05.